The van der Waals surface area contributed by atoms with Crippen LogP contribution in [0.2, 0.25) is 0 Å². The summed E-state index contributed by atoms with van der Waals surface area (Å²) in [5, 5.41) is 35.2. The molecule has 2 heterocycles. The van der Waals surface area contributed by atoms with Crippen molar-refractivity contribution in [3.8, 4) is 11.5 Å². The van der Waals surface area contributed by atoms with Crippen LogP contribution in [0.1, 0.15) is 37.9 Å². The summed E-state index contributed by atoms with van der Waals surface area (Å²) in [6.45, 7) is 6.23. The largest absolute Gasteiger partial charge is 0.502 e. The number of phenolic OH excluding ortho intramolecular Hbond substituents is 1. The number of ether oxygens (including phenoxy) is 1. The number of carbonyl (C=O) groups excluding carboxylic acids is 1. The maximum atomic E-state index is 14.2. The Morgan fingerprint density at radius 2 is 1.84 bits per heavy atom. The highest BCUT2D eigenvalue weighted by molar-refractivity contribution is 7.07. The van der Waals surface area contributed by atoms with Crippen molar-refractivity contribution in [3.63, 3.8) is 0 Å². The molecule has 0 fully saturated rings. The number of nitro groups is 2. The summed E-state index contributed by atoms with van der Waals surface area (Å²) in [6.07, 6.45) is 1.15. The van der Waals surface area contributed by atoms with E-state index in [1.807, 2.05) is 44.2 Å². The van der Waals surface area contributed by atoms with E-state index in [2.05, 4.69) is 4.99 Å². The second-order valence-corrected chi connectivity index (χ2v) is 10.9. The van der Waals surface area contributed by atoms with Crippen LogP contribution >= 0.6 is 11.3 Å². The number of aromatic nitrogens is 1. The minimum absolute atomic E-state index is 0.0117. The van der Waals surface area contributed by atoms with Gasteiger partial charge in [0.2, 0.25) is 5.75 Å². The van der Waals surface area contributed by atoms with Gasteiger partial charge in [-0.05, 0) is 43.7 Å². The van der Waals surface area contributed by atoms with Crippen molar-refractivity contribution in [1.82, 2.24) is 9.47 Å². The zero-order chi connectivity index (χ0) is 31.9. The summed E-state index contributed by atoms with van der Waals surface area (Å²) < 4.78 is 7.13. The highest BCUT2D eigenvalue weighted by Gasteiger charge is 2.37. The molecule has 4 aromatic rings. The zero-order valence-electron chi connectivity index (χ0n) is 24.1. The van der Waals surface area contributed by atoms with E-state index in [0.29, 0.717) is 36.2 Å². The molecule has 0 spiro atoms. The molecule has 0 aliphatic carbocycles. The molecule has 0 saturated carbocycles. The van der Waals surface area contributed by atoms with Crippen molar-refractivity contribution < 1.29 is 24.5 Å². The fourth-order valence-corrected chi connectivity index (χ4v) is 6.44. The Morgan fingerprint density at radius 3 is 2.48 bits per heavy atom. The van der Waals surface area contributed by atoms with Gasteiger partial charge in [-0.3, -0.25) is 34.4 Å². The van der Waals surface area contributed by atoms with Gasteiger partial charge in [0.15, 0.2) is 4.80 Å². The first-order valence-corrected chi connectivity index (χ1v) is 14.4. The number of methoxy groups -OCH3 is 1. The van der Waals surface area contributed by atoms with Gasteiger partial charge in [0.1, 0.15) is 11.8 Å². The van der Waals surface area contributed by atoms with E-state index >= 15 is 0 Å². The van der Waals surface area contributed by atoms with Crippen LogP contribution in [0.15, 0.2) is 69.6 Å². The summed E-state index contributed by atoms with van der Waals surface area (Å²) >= 11 is 0.926. The highest BCUT2D eigenvalue weighted by atomic mass is 32.1. The minimum Gasteiger partial charge on any atom is -0.502 e. The number of phenols is 1. The van der Waals surface area contributed by atoms with Gasteiger partial charge in [0, 0.05) is 30.3 Å². The van der Waals surface area contributed by atoms with Gasteiger partial charge in [0.05, 0.1) is 38.8 Å². The van der Waals surface area contributed by atoms with Gasteiger partial charge < -0.3 is 14.7 Å². The van der Waals surface area contributed by atoms with Crippen molar-refractivity contribution in [1.29, 1.82) is 0 Å². The van der Waals surface area contributed by atoms with Crippen molar-refractivity contribution in [2.24, 2.45) is 4.99 Å². The number of benzene rings is 3. The standard InChI is InChI=1S/C30H27N5O8S/c1-5-32(6-2)29(38)24-16(3)31-30-33(26(24)25-20-10-8-7-9-17(20)11-12-22(25)43-4)28(37)23(44-30)14-18-13-19(34(39)40)15-21(27(18)36)35(41)42/h7-15,26,36H,5-6H2,1-4H3/b23-14+/t26-/m1/s1. The zero-order valence-corrected chi connectivity index (χ0v) is 25.0. The predicted molar refractivity (Wildman–Crippen MR) is 164 cm³/mol. The number of hydrogen-bond acceptors (Lipinski definition) is 10. The van der Waals surface area contributed by atoms with Crippen LogP contribution in [0.4, 0.5) is 11.4 Å². The third kappa shape index (κ3) is 4.98. The number of thiazole rings is 1. The number of fused-ring (bicyclic) bond motifs is 2. The van der Waals surface area contributed by atoms with Crippen LogP contribution in [0.25, 0.3) is 16.8 Å². The van der Waals surface area contributed by atoms with E-state index in [9.17, 15) is 34.9 Å². The van der Waals surface area contributed by atoms with Gasteiger partial charge in [-0.2, -0.15) is 0 Å². The Balaban J connectivity index is 1.87. The molecule has 1 aliphatic rings. The Kier molecular flexibility index (Phi) is 8.02. The van der Waals surface area contributed by atoms with Crippen molar-refractivity contribution >= 4 is 45.5 Å². The molecule has 1 aliphatic heterocycles. The van der Waals surface area contributed by atoms with Crippen LogP contribution in [-0.4, -0.2) is 50.5 Å². The van der Waals surface area contributed by atoms with Crippen molar-refractivity contribution in [3.05, 3.63) is 111 Å². The summed E-state index contributed by atoms with van der Waals surface area (Å²) in [4.78, 5) is 56.0. The van der Waals surface area contributed by atoms with Crippen LogP contribution in [0, 0.1) is 20.2 Å². The Morgan fingerprint density at radius 1 is 1.14 bits per heavy atom. The predicted octanol–water partition coefficient (Wildman–Crippen LogP) is 3.79. The number of carbonyl (C=O) groups is 1. The molecule has 5 rings (SSSR count). The maximum absolute atomic E-state index is 14.2. The number of amides is 1. The summed E-state index contributed by atoms with van der Waals surface area (Å²) in [5.41, 5.74) is -1.17. The molecule has 0 radical (unpaired) electrons. The molecule has 44 heavy (non-hydrogen) atoms. The quantitative estimate of drug-likeness (QED) is 0.230. The molecule has 0 unspecified atom stereocenters. The highest BCUT2D eigenvalue weighted by Crippen LogP contribution is 2.41. The van der Waals surface area contributed by atoms with Crippen LogP contribution in [0.5, 0.6) is 11.5 Å². The molecule has 1 N–H and O–H groups in total. The summed E-state index contributed by atoms with van der Waals surface area (Å²) in [7, 11) is 1.50. The summed E-state index contributed by atoms with van der Waals surface area (Å²) in [5.74, 6) is -0.695. The number of nitrogens with zero attached hydrogens (tertiary/aromatic N) is 5. The number of hydrogen-bond donors (Lipinski definition) is 1. The number of nitro benzene ring substituents is 2. The van der Waals surface area contributed by atoms with E-state index in [-0.39, 0.29) is 26.4 Å². The number of rotatable bonds is 8. The maximum Gasteiger partial charge on any atom is 0.318 e. The third-order valence-electron chi connectivity index (χ3n) is 7.52. The summed E-state index contributed by atoms with van der Waals surface area (Å²) in [6, 6.07) is 11.8. The van der Waals surface area contributed by atoms with Gasteiger partial charge in [-0.1, -0.05) is 41.7 Å². The van der Waals surface area contributed by atoms with E-state index in [1.165, 1.54) is 11.7 Å². The van der Waals surface area contributed by atoms with Crippen LogP contribution in [-0.2, 0) is 4.79 Å². The van der Waals surface area contributed by atoms with Gasteiger partial charge >= 0.3 is 5.69 Å². The smallest absolute Gasteiger partial charge is 0.318 e. The van der Waals surface area contributed by atoms with Gasteiger partial charge in [-0.25, -0.2) is 4.99 Å². The SMILES string of the molecule is CCN(CC)C(=O)C1=C(C)N=c2s/c(=C/c3cc([N+](=O)[O-])cc([N+](=O)[O-])c3O)c(=O)n2[C@H]1c1c(OC)ccc2ccccc12. The second-order valence-electron chi connectivity index (χ2n) is 9.88. The van der Waals surface area contributed by atoms with E-state index in [4.69, 9.17) is 4.74 Å². The van der Waals surface area contributed by atoms with E-state index in [0.717, 1.165) is 34.3 Å². The molecule has 1 aromatic heterocycles. The Labute approximate surface area is 253 Å². The molecular weight excluding hydrogens is 590 g/mol. The van der Waals surface area contributed by atoms with Gasteiger partial charge in [0.25, 0.3) is 17.2 Å². The normalized spacial score (nSPS) is 14.7. The molecule has 14 heteroatoms. The molecule has 1 atom stereocenters. The van der Waals surface area contributed by atoms with E-state index < -0.39 is 38.6 Å². The third-order valence-corrected chi connectivity index (χ3v) is 8.51. The molecule has 13 nitrogen and oxygen atoms in total. The average Bonchev–Trinajstić information content (AvgIpc) is 3.30. The fourth-order valence-electron chi connectivity index (χ4n) is 5.41. The first-order chi connectivity index (χ1) is 21.0. The molecule has 3 aromatic carbocycles. The van der Waals surface area contributed by atoms with Crippen molar-refractivity contribution in [2.45, 2.75) is 26.8 Å². The Bertz CT molecular complexity index is 2080. The van der Waals surface area contributed by atoms with Crippen LogP contribution < -0.4 is 19.6 Å². The topological polar surface area (TPSA) is 170 Å². The average molecular weight is 618 g/mol. The lowest BCUT2D eigenvalue weighted by molar-refractivity contribution is -0.394. The number of non-ortho nitro benzene ring substituents is 1. The lowest BCUT2D eigenvalue weighted by atomic mass is 9.90. The molecule has 226 valence electrons. The second kappa shape index (κ2) is 11.7. The first kappa shape index (κ1) is 30.1. The minimum atomic E-state index is -0.976. The lowest BCUT2D eigenvalue weighted by Gasteiger charge is -2.30. The van der Waals surface area contributed by atoms with E-state index in [1.54, 1.807) is 17.9 Å². The number of likely N-dealkylation sites (N-methyl/N-ethyl adjacent to an activating group) is 1. The van der Waals surface area contributed by atoms with Crippen LogP contribution in [0.3, 0.4) is 0 Å². The number of aromatic hydroxyl groups is 1. The lowest BCUT2D eigenvalue weighted by Crippen LogP contribution is -2.43. The molecule has 0 bridgehead atoms. The molecule has 0 saturated heterocycles. The van der Waals surface area contributed by atoms with Crippen molar-refractivity contribution in [2.75, 3.05) is 20.2 Å². The van der Waals surface area contributed by atoms with Gasteiger partial charge in [-0.15, -0.1) is 0 Å². The Hall–Kier alpha value is -5.37. The molecular formula is C30H27N5O8S. The number of allylic oxidation sites excluding steroid dienone is 1. The fraction of sp³-hybridized carbons (Fsp3) is 0.233. The first-order valence-electron chi connectivity index (χ1n) is 13.6. The molecule has 1 amide bonds. The monoisotopic (exact) mass is 617 g/mol.